The number of Topliss-reactive ketones (excluding diaryl/α,β-unsaturated/α-hetero) is 1. The fourth-order valence-electron chi connectivity index (χ4n) is 2.53. The summed E-state index contributed by atoms with van der Waals surface area (Å²) in [7, 11) is 3.04. The Morgan fingerprint density at radius 3 is 2.35 bits per heavy atom. The second-order valence-corrected chi connectivity index (χ2v) is 5.59. The van der Waals surface area contributed by atoms with Gasteiger partial charge in [-0.25, -0.2) is 4.79 Å². The molecule has 1 aromatic carbocycles. The van der Waals surface area contributed by atoms with E-state index in [1.807, 2.05) is 0 Å². The van der Waals surface area contributed by atoms with Gasteiger partial charge in [0.05, 0.1) is 7.11 Å². The predicted octanol–water partition coefficient (Wildman–Crippen LogP) is 3.34. The van der Waals surface area contributed by atoms with E-state index in [2.05, 4.69) is 0 Å². The Morgan fingerprint density at radius 1 is 1.17 bits per heavy atom. The summed E-state index contributed by atoms with van der Waals surface area (Å²) in [5.41, 5.74) is 2.16. The molecular formula is C17H18ClNO4. The predicted molar refractivity (Wildman–Crippen MR) is 87.5 cm³/mol. The normalized spacial score (nSPS) is 10.5. The van der Waals surface area contributed by atoms with E-state index in [1.165, 1.54) is 7.11 Å². The lowest BCUT2D eigenvalue weighted by Gasteiger charge is -2.06. The minimum atomic E-state index is -0.467. The maximum absolute atomic E-state index is 12.5. The molecular weight excluding hydrogens is 318 g/mol. The van der Waals surface area contributed by atoms with Crippen molar-refractivity contribution < 1.29 is 19.1 Å². The Labute approximate surface area is 139 Å². The molecule has 23 heavy (non-hydrogen) atoms. The Morgan fingerprint density at radius 2 is 1.78 bits per heavy atom. The molecule has 0 aliphatic carbocycles. The third kappa shape index (κ3) is 3.40. The molecule has 5 nitrogen and oxygen atoms in total. The molecule has 2 rings (SSSR count). The summed E-state index contributed by atoms with van der Waals surface area (Å²) in [6.45, 7) is 3.40. The summed E-state index contributed by atoms with van der Waals surface area (Å²) >= 11 is 5.81. The number of nitrogens with zero attached hydrogens (tertiary/aromatic N) is 1. The maximum atomic E-state index is 12.5. The molecule has 0 atom stereocenters. The molecule has 1 aromatic heterocycles. The van der Waals surface area contributed by atoms with Crippen LogP contribution < -0.4 is 4.74 Å². The molecule has 122 valence electrons. The maximum Gasteiger partial charge on any atom is 0.354 e. The largest absolute Gasteiger partial charge is 0.485 e. The lowest BCUT2D eigenvalue weighted by Crippen LogP contribution is -2.13. The molecule has 0 unspecified atom stereocenters. The van der Waals surface area contributed by atoms with Gasteiger partial charge in [-0.1, -0.05) is 11.6 Å². The summed E-state index contributed by atoms with van der Waals surface area (Å²) < 4.78 is 11.9. The molecule has 0 saturated heterocycles. The van der Waals surface area contributed by atoms with Crippen molar-refractivity contribution in [2.75, 3.05) is 13.7 Å². The molecule has 1 heterocycles. The van der Waals surface area contributed by atoms with Crippen LogP contribution in [-0.2, 0) is 11.8 Å². The van der Waals surface area contributed by atoms with E-state index in [-0.39, 0.29) is 12.4 Å². The zero-order valence-corrected chi connectivity index (χ0v) is 14.2. The summed E-state index contributed by atoms with van der Waals surface area (Å²) in [5.74, 6) is -0.103. The van der Waals surface area contributed by atoms with Crippen molar-refractivity contribution in [3.63, 3.8) is 0 Å². The summed E-state index contributed by atoms with van der Waals surface area (Å²) in [6.07, 6.45) is 0. The lowest BCUT2D eigenvalue weighted by molar-refractivity contribution is 0.0588. The topological polar surface area (TPSA) is 57.5 Å². The van der Waals surface area contributed by atoms with Gasteiger partial charge in [-0.15, -0.1) is 0 Å². The first-order chi connectivity index (χ1) is 10.9. The van der Waals surface area contributed by atoms with Crippen molar-refractivity contribution in [1.29, 1.82) is 0 Å². The van der Waals surface area contributed by atoms with Crippen LogP contribution in [0.3, 0.4) is 0 Å². The Kier molecular flexibility index (Phi) is 5.11. The van der Waals surface area contributed by atoms with E-state index < -0.39 is 5.97 Å². The molecule has 0 radical (unpaired) electrons. The van der Waals surface area contributed by atoms with E-state index in [9.17, 15) is 9.59 Å². The minimum Gasteiger partial charge on any atom is -0.485 e. The van der Waals surface area contributed by atoms with Crippen LogP contribution in [0.15, 0.2) is 24.3 Å². The quantitative estimate of drug-likeness (QED) is 0.621. The third-order valence-electron chi connectivity index (χ3n) is 3.77. The standard InChI is InChI=1S/C17H18ClNO4/c1-10-15(11(2)19(3)16(10)17(21)22-4)14(20)9-23-13-7-5-12(18)6-8-13/h5-8H,9H2,1-4H3. The minimum absolute atomic E-state index is 0.117. The Bertz CT molecular complexity index is 747. The summed E-state index contributed by atoms with van der Waals surface area (Å²) in [5, 5.41) is 0.598. The third-order valence-corrected chi connectivity index (χ3v) is 4.02. The number of methoxy groups -OCH3 is 1. The van der Waals surface area contributed by atoms with E-state index in [0.29, 0.717) is 33.3 Å². The van der Waals surface area contributed by atoms with Crippen LogP contribution in [-0.4, -0.2) is 30.0 Å². The average molecular weight is 336 g/mol. The number of halogens is 1. The van der Waals surface area contributed by atoms with Crippen molar-refractivity contribution >= 4 is 23.4 Å². The van der Waals surface area contributed by atoms with Gasteiger partial charge in [-0.2, -0.15) is 0 Å². The second-order valence-electron chi connectivity index (χ2n) is 5.15. The van der Waals surface area contributed by atoms with E-state index in [0.717, 1.165) is 0 Å². The van der Waals surface area contributed by atoms with Gasteiger partial charge in [0, 0.05) is 23.3 Å². The molecule has 0 saturated carbocycles. The van der Waals surface area contributed by atoms with E-state index in [4.69, 9.17) is 21.1 Å². The molecule has 0 fully saturated rings. The number of aromatic nitrogens is 1. The molecule has 0 amide bonds. The van der Waals surface area contributed by atoms with Crippen LogP contribution in [0.4, 0.5) is 0 Å². The molecule has 0 aliphatic rings. The van der Waals surface area contributed by atoms with Gasteiger partial charge in [0.2, 0.25) is 5.78 Å². The summed E-state index contributed by atoms with van der Waals surface area (Å²) in [6, 6.07) is 6.77. The molecule has 0 N–H and O–H groups in total. The van der Waals surface area contributed by atoms with Gasteiger partial charge in [0.1, 0.15) is 11.4 Å². The van der Waals surface area contributed by atoms with Crippen LogP contribution >= 0.6 is 11.6 Å². The van der Waals surface area contributed by atoms with Gasteiger partial charge in [0.25, 0.3) is 0 Å². The highest BCUT2D eigenvalue weighted by molar-refractivity contribution is 6.30. The lowest BCUT2D eigenvalue weighted by atomic mass is 10.1. The highest BCUT2D eigenvalue weighted by Crippen LogP contribution is 2.23. The summed E-state index contributed by atoms with van der Waals surface area (Å²) in [4.78, 5) is 24.3. The van der Waals surface area contributed by atoms with Gasteiger partial charge in [-0.3, -0.25) is 4.79 Å². The average Bonchev–Trinajstić information content (AvgIpc) is 2.75. The number of carbonyl (C=O) groups excluding carboxylic acids is 2. The molecule has 0 aliphatic heterocycles. The van der Waals surface area contributed by atoms with Crippen LogP contribution in [0.5, 0.6) is 5.75 Å². The number of carbonyl (C=O) groups is 2. The number of ketones is 1. The fraction of sp³-hybridized carbons (Fsp3) is 0.294. The highest BCUT2D eigenvalue weighted by Gasteiger charge is 2.25. The van der Waals surface area contributed by atoms with Crippen molar-refractivity contribution in [3.8, 4) is 5.75 Å². The number of hydrogen-bond donors (Lipinski definition) is 0. The zero-order chi connectivity index (χ0) is 17.1. The monoisotopic (exact) mass is 335 g/mol. The molecule has 0 bridgehead atoms. The van der Waals surface area contributed by atoms with Crippen LogP contribution in [0.25, 0.3) is 0 Å². The van der Waals surface area contributed by atoms with Gasteiger partial charge in [-0.05, 0) is 43.7 Å². The number of benzene rings is 1. The van der Waals surface area contributed by atoms with E-state index >= 15 is 0 Å². The van der Waals surface area contributed by atoms with Gasteiger partial charge in [0.15, 0.2) is 6.61 Å². The fourth-order valence-corrected chi connectivity index (χ4v) is 2.65. The number of hydrogen-bond acceptors (Lipinski definition) is 4. The van der Waals surface area contributed by atoms with Gasteiger partial charge >= 0.3 is 5.97 Å². The second kappa shape index (κ2) is 6.87. The number of rotatable bonds is 5. The Hall–Kier alpha value is -2.27. The highest BCUT2D eigenvalue weighted by atomic mass is 35.5. The first-order valence-corrected chi connectivity index (χ1v) is 7.40. The van der Waals surface area contributed by atoms with Crippen LogP contribution in [0.1, 0.15) is 32.1 Å². The molecule has 2 aromatic rings. The first-order valence-electron chi connectivity index (χ1n) is 7.02. The number of ether oxygens (including phenoxy) is 2. The van der Waals surface area contributed by atoms with Crippen LogP contribution in [0, 0.1) is 13.8 Å². The molecule has 6 heteroatoms. The number of esters is 1. The van der Waals surface area contributed by atoms with Crippen molar-refractivity contribution in [2.45, 2.75) is 13.8 Å². The zero-order valence-electron chi connectivity index (χ0n) is 13.5. The van der Waals surface area contributed by atoms with Crippen LogP contribution in [0.2, 0.25) is 5.02 Å². The SMILES string of the molecule is COC(=O)c1c(C)c(C(=O)COc2ccc(Cl)cc2)c(C)n1C. The Balaban J connectivity index is 2.22. The van der Waals surface area contributed by atoms with Gasteiger partial charge < -0.3 is 14.0 Å². The van der Waals surface area contributed by atoms with Crippen molar-refractivity contribution in [2.24, 2.45) is 7.05 Å². The molecule has 0 spiro atoms. The van der Waals surface area contributed by atoms with Crippen molar-refractivity contribution in [1.82, 2.24) is 4.57 Å². The van der Waals surface area contributed by atoms with E-state index in [1.54, 1.807) is 49.7 Å². The first kappa shape index (κ1) is 17.1. The van der Waals surface area contributed by atoms with Crippen molar-refractivity contribution in [3.05, 3.63) is 51.8 Å². The smallest absolute Gasteiger partial charge is 0.354 e.